The van der Waals surface area contributed by atoms with Crippen molar-refractivity contribution in [1.82, 2.24) is 0 Å². The minimum Gasteiger partial charge on any atom is -0.0654 e. The molecule has 10 aromatic rings. The number of rotatable bonds is 13. The van der Waals surface area contributed by atoms with Gasteiger partial charge in [-0.3, -0.25) is 0 Å². The molecule has 0 spiro atoms. The molecule has 0 bridgehead atoms. The second-order valence-corrected chi connectivity index (χ2v) is 19.4. The fourth-order valence-corrected chi connectivity index (χ4v) is 12.6. The Balaban J connectivity index is 1.08. The molecule has 2 aliphatic carbocycles. The van der Waals surface area contributed by atoms with Crippen LogP contribution in [0.1, 0.15) is 100 Å². The summed E-state index contributed by atoms with van der Waals surface area (Å²) >= 11 is 0. The minimum absolute atomic E-state index is 0.0630. The van der Waals surface area contributed by atoms with Crippen LogP contribution < -0.4 is 0 Å². The Morgan fingerprint density at radius 1 is 0.348 bits per heavy atom. The highest BCUT2D eigenvalue weighted by molar-refractivity contribution is 6.27. The molecule has 0 aliphatic heterocycles. The van der Waals surface area contributed by atoms with E-state index in [4.69, 9.17) is 0 Å². The SMILES string of the molecule is CCCCCCC1(CCCCCC)c2cc(-c3cccc4c3Cc3ccccc3-4)ccc2-c2ccc(-c3c4ccccc4c(-c4c5ccccc5cc5ccccc45)c4ccccc34)cc21. The van der Waals surface area contributed by atoms with Gasteiger partial charge in [0.1, 0.15) is 0 Å². The van der Waals surface area contributed by atoms with E-state index in [1.165, 1.54) is 174 Å². The molecule has 0 N–H and O–H groups in total. The zero-order chi connectivity index (χ0) is 44.2. The predicted octanol–water partition coefficient (Wildman–Crippen LogP) is 19.1. The van der Waals surface area contributed by atoms with Gasteiger partial charge in [-0.2, -0.15) is 0 Å². The molecule has 0 radical (unpaired) electrons. The quantitative estimate of drug-likeness (QED) is 0.0801. The molecule has 12 rings (SSSR count). The zero-order valence-electron chi connectivity index (χ0n) is 38.6. The Morgan fingerprint density at radius 3 is 1.42 bits per heavy atom. The molecule has 0 atom stereocenters. The second kappa shape index (κ2) is 16.9. The highest BCUT2D eigenvalue weighted by Gasteiger charge is 2.43. The van der Waals surface area contributed by atoms with Crippen LogP contribution in [0.15, 0.2) is 182 Å². The van der Waals surface area contributed by atoms with Crippen molar-refractivity contribution in [3.05, 3.63) is 204 Å². The summed E-state index contributed by atoms with van der Waals surface area (Å²) in [5.74, 6) is 0. The lowest BCUT2D eigenvalue weighted by Crippen LogP contribution is -2.25. The van der Waals surface area contributed by atoms with Crippen LogP contribution in [0.25, 0.3) is 98.7 Å². The Labute approximate surface area is 391 Å². The van der Waals surface area contributed by atoms with Crippen molar-refractivity contribution >= 4 is 43.1 Å². The molecule has 0 nitrogen and oxygen atoms in total. The monoisotopic (exact) mass is 850 g/mol. The van der Waals surface area contributed by atoms with Gasteiger partial charge in [-0.15, -0.1) is 0 Å². The summed E-state index contributed by atoms with van der Waals surface area (Å²) in [6, 6.07) is 70.1. The molecular weight excluding hydrogens is 793 g/mol. The Hall–Kier alpha value is -6.76. The smallest absolute Gasteiger partial charge is 0.0215 e. The highest BCUT2D eigenvalue weighted by atomic mass is 14.5. The summed E-state index contributed by atoms with van der Waals surface area (Å²) < 4.78 is 0. The molecule has 0 aromatic heterocycles. The van der Waals surface area contributed by atoms with Crippen LogP contribution in [-0.4, -0.2) is 0 Å². The normalized spacial score (nSPS) is 13.4. The van der Waals surface area contributed by atoms with Gasteiger partial charge in [-0.1, -0.05) is 229 Å². The standard InChI is InChI=1S/C66H58/c1-3-5-7-19-38-66(39-20-8-6-4-2)61-42-47(50-32-21-33-53-49-25-12-9-24-46(49)41-60(50)53)34-36-54(61)55-37-35-48(43-62(55)66)63-56-28-15-17-30-58(56)65(59-31-18-16-29-57(59)63)64-51-26-13-10-22-44(51)40-45-23-11-14-27-52(45)64/h9-18,21-37,40,42-43H,3-8,19-20,38-39,41H2,1-2H3. The lowest BCUT2D eigenvalue weighted by molar-refractivity contribution is 0.401. The summed E-state index contributed by atoms with van der Waals surface area (Å²) in [5, 5.41) is 10.4. The Bertz CT molecular complexity index is 3370. The van der Waals surface area contributed by atoms with Gasteiger partial charge in [0.25, 0.3) is 0 Å². The molecular formula is C66H58. The number of hydrogen-bond acceptors (Lipinski definition) is 0. The van der Waals surface area contributed by atoms with E-state index in [-0.39, 0.29) is 5.41 Å². The average Bonchev–Trinajstić information content (AvgIpc) is 3.88. The molecule has 0 amide bonds. The van der Waals surface area contributed by atoms with Crippen molar-refractivity contribution in [3.63, 3.8) is 0 Å². The fraction of sp³-hybridized carbons (Fsp3) is 0.212. The van der Waals surface area contributed by atoms with Crippen molar-refractivity contribution in [1.29, 1.82) is 0 Å². The van der Waals surface area contributed by atoms with Crippen molar-refractivity contribution in [2.24, 2.45) is 0 Å². The number of hydrogen-bond donors (Lipinski definition) is 0. The van der Waals surface area contributed by atoms with E-state index in [0.717, 1.165) is 6.42 Å². The number of fused-ring (bicyclic) bond motifs is 10. The van der Waals surface area contributed by atoms with Gasteiger partial charge < -0.3 is 0 Å². The van der Waals surface area contributed by atoms with Crippen molar-refractivity contribution in [2.45, 2.75) is 89.9 Å². The van der Waals surface area contributed by atoms with Gasteiger partial charge in [-0.05, 0) is 158 Å². The Kier molecular flexibility index (Phi) is 10.4. The first-order chi connectivity index (χ1) is 32.7. The Morgan fingerprint density at radius 2 is 0.818 bits per heavy atom. The van der Waals surface area contributed by atoms with Crippen LogP contribution in [-0.2, 0) is 11.8 Å². The summed E-state index contributed by atoms with van der Waals surface area (Å²) in [6.45, 7) is 4.69. The van der Waals surface area contributed by atoms with Crippen LogP contribution in [0.2, 0.25) is 0 Å². The predicted molar refractivity (Wildman–Crippen MR) is 285 cm³/mol. The maximum absolute atomic E-state index is 2.67. The average molecular weight is 851 g/mol. The second-order valence-electron chi connectivity index (χ2n) is 19.4. The van der Waals surface area contributed by atoms with Gasteiger partial charge in [-0.25, -0.2) is 0 Å². The van der Waals surface area contributed by atoms with Crippen molar-refractivity contribution in [2.75, 3.05) is 0 Å². The van der Waals surface area contributed by atoms with Crippen LogP contribution in [0.5, 0.6) is 0 Å². The maximum Gasteiger partial charge on any atom is 0.0215 e. The van der Waals surface area contributed by atoms with Crippen LogP contribution >= 0.6 is 0 Å². The van der Waals surface area contributed by atoms with Crippen LogP contribution in [0, 0.1) is 0 Å². The topological polar surface area (TPSA) is 0 Å². The zero-order valence-corrected chi connectivity index (χ0v) is 38.6. The first-order valence-electron chi connectivity index (χ1n) is 25.0. The van der Waals surface area contributed by atoms with Gasteiger partial charge in [0.2, 0.25) is 0 Å². The molecule has 0 heteroatoms. The van der Waals surface area contributed by atoms with Gasteiger partial charge in [0.15, 0.2) is 0 Å². The lowest BCUT2D eigenvalue weighted by Gasteiger charge is -2.33. The fourth-order valence-electron chi connectivity index (χ4n) is 12.6. The number of unbranched alkanes of at least 4 members (excludes halogenated alkanes) is 6. The molecule has 0 unspecified atom stereocenters. The van der Waals surface area contributed by atoms with Crippen molar-refractivity contribution in [3.8, 4) is 55.6 Å². The maximum atomic E-state index is 2.67. The van der Waals surface area contributed by atoms with Gasteiger partial charge in [0, 0.05) is 5.41 Å². The van der Waals surface area contributed by atoms with E-state index in [2.05, 4.69) is 196 Å². The van der Waals surface area contributed by atoms with Gasteiger partial charge in [0.05, 0.1) is 0 Å². The minimum atomic E-state index is -0.0630. The van der Waals surface area contributed by atoms with E-state index in [1.54, 1.807) is 11.1 Å². The van der Waals surface area contributed by atoms with Crippen LogP contribution in [0.3, 0.4) is 0 Å². The summed E-state index contributed by atoms with van der Waals surface area (Å²) in [6.07, 6.45) is 13.5. The molecule has 0 saturated heterocycles. The molecule has 322 valence electrons. The largest absolute Gasteiger partial charge is 0.0654 e. The van der Waals surface area contributed by atoms with E-state index < -0.39 is 0 Å². The molecule has 2 aliphatic rings. The molecule has 0 saturated carbocycles. The highest BCUT2D eigenvalue weighted by Crippen LogP contribution is 2.57. The molecule has 0 fully saturated rings. The summed E-state index contributed by atoms with van der Waals surface area (Å²) in [4.78, 5) is 0. The third-order valence-corrected chi connectivity index (χ3v) is 15.7. The van der Waals surface area contributed by atoms with E-state index in [0.29, 0.717) is 0 Å². The molecule has 0 heterocycles. The van der Waals surface area contributed by atoms with Crippen molar-refractivity contribution < 1.29 is 0 Å². The first-order valence-corrected chi connectivity index (χ1v) is 25.0. The van der Waals surface area contributed by atoms with E-state index in [9.17, 15) is 0 Å². The third-order valence-electron chi connectivity index (χ3n) is 15.7. The van der Waals surface area contributed by atoms with E-state index >= 15 is 0 Å². The summed E-state index contributed by atoms with van der Waals surface area (Å²) in [7, 11) is 0. The molecule has 10 aromatic carbocycles. The van der Waals surface area contributed by atoms with Crippen LogP contribution in [0.4, 0.5) is 0 Å². The number of benzene rings is 10. The van der Waals surface area contributed by atoms with Gasteiger partial charge >= 0.3 is 0 Å². The third kappa shape index (κ3) is 6.55. The summed E-state index contributed by atoms with van der Waals surface area (Å²) in [5.41, 5.74) is 19.7. The molecule has 66 heavy (non-hydrogen) atoms. The first kappa shape index (κ1) is 40.7. The van der Waals surface area contributed by atoms with E-state index in [1.807, 2.05) is 0 Å². The lowest BCUT2D eigenvalue weighted by atomic mass is 9.69.